The van der Waals surface area contributed by atoms with Gasteiger partial charge in [0.25, 0.3) is 0 Å². The summed E-state index contributed by atoms with van der Waals surface area (Å²) in [5.41, 5.74) is -0.00768. The molecule has 1 aliphatic rings. The van der Waals surface area contributed by atoms with Crippen molar-refractivity contribution in [2.45, 2.75) is 6.18 Å². The number of anilines is 3. The number of halogens is 3. The predicted octanol–water partition coefficient (Wildman–Crippen LogP) is 3.57. The van der Waals surface area contributed by atoms with Gasteiger partial charge in [-0.05, 0) is 24.3 Å². The molecule has 3 amide bonds. The molecule has 0 unspecified atom stereocenters. The second-order valence-electron chi connectivity index (χ2n) is 6.68. The molecule has 0 radical (unpaired) electrons. The highest BCUT2D eigenvalue weighted by molar-refractivity contribution is 6.12. The van der Waals surface area contributed by atoms with Crippen molar-refractivity contribution in [1.82, 2.24) is 15.0 Å². The van der Waals surface area contributed by atoms with Crippen molar-refractivity contribution >= 4 is 29.3 Å². The van der Waals surface area contributed by atoms with Crippen LogP contribution in [-0.2, 0) is 11.0 Å². The van der Waals surface area contributed by atoms with E-state index in [1.165, 1.54) is 54.8 Å². The first-order valence-electron chi connectivity index (χ1n) is 9.04. The number of alkyl halides is 3. The quantitative estimate of drug-likeness (QED) is 0.674. The fourth-order valence-electron chi connectivity index (χ4n) is 3.08. The van der Waals surface area contributed by atoms with E-state index in [0.29, 0.717) is 5.69 Å². The van der Waals surface area contributed by atoms with Crippen molar-refractivity contribution in [2.75, 3.05) is 28.7 Å². The van der Waals surface area contributed by atoms with Crippen LogP contribution in [0.3, 0.4) is 0 Å². The minimum Gasteiger partial charge on any atom is -0.311 e. The summed E-state index contributed by atoms with van der Waals surface area (Å²) in [5, 5.41) is 2.53. The smallest absolute Gasteiger partial charge is 0.311 e. The first-order valence-corrected chi connectivity index (χ1v) is 9.04. The van der Waals surface area contributed by atoms with Crippen molar-refractivity contribution in [3.05, 3.63) is 60.6 Å². The molecule has 31 heavy (non-hydrogen) atoms. The van der Waals surface area contributed by atoms with Crippen LogP contribution in [0.15, 0.2) is 55.0 Å². The zero-order valence-electron chi connectivity index (χ0n) is 16.1. The van der Waals surface area contributed by atoms with Crippen molar-refractivity contribution < 1.29 is 22.8 Å². The Morgan fingerprint density at radius 2 is 1.97 bits per heavy atom. The number of nitrogens with one attached hydrogen (secondary N) is 1. The second kappa shape index (κ2) is 7.67. The summed E-state index contributed by atoms with van der Waals surface area (Å²) in [6.07, 6.45) is -0.335. The van der Waals surface area contributed by atoms with Gasteiger partial charge in [0.1, 0.15) is 6.54 Å². The van der Waals surface area contributed by atoms with Crippen molar-refractivity contribution in [1.29, 1.82) is 0 Å². The molecule has 11 heteroatoms. The molecule has 1 aliphatic heterocycles. The maximum absolute atomic E-state index is 13.1. The monoisotopic (exact) mass is 428 g/mol. The molecule has 0 bridgehead atoms. The molecule has 8 nitrogen and oxygen atoms in total. The lowest BCUT2D eigenvalue weighted by molar-refractivity contribution is -0.137. The lowest BCUT2D eigenvalue weighted by Crippen LogP contribution is -2.48. The van der Waals surface area contributed by atoms with Gasteiger partial charge in [-0.2, -0.15) is 13.2 Å². The number of rotatable bonds is 2. The van der Waals surface area contributed by atoms with Crippen molar-refractivity contribution in [3.8, 4) is 11.3 Å². The topological polar surface area (TPSA) is 91.3 Å². The summed E-state index contributed by atoms with van der Waals surface area (Å²) in [6.45, 7) is -0.297. The van der Waals surface area contributed by atoms with Crippen LogP contribution < -0.4 is 15.1 Å². The van der Waals surface area contributed by atoms with E-state index in [4.69, 9.17) is 0 Å². The summed E-state index contributed by atoms with van der Waals surface area (Å²) in [4.78, 5) is 39.8. The van der Waals surface area contributed by atoms with Crippen molar-refractivity contribution in [2.24, 2.45) is 0 Å². The third-order valence-corrected chi connectivity index (χ3v) is 4.67. The van der Waals surface area contributed by atoms with Crippen LogP contribution in [0.4, 0.5) is 35.3 Å². The highest BCUT2D eigenvalue weighted by Crippen LogP contribution is 2.36. The van der Waals surface area contributed by atoms with Crippen LogP contribution in [-0.4, -0.2) is 40.5 Å². The van der Waals surface area contributed by atoms with Crippen LogP contribution in [0, 0.1) is 0 Å². The van der Waals surface area contributed by atoms with Gasteiger partial charge in [-0.1, -0.05) is 12.1 Å². The van der Waals surface area contributed by atoms with Crippen LogP contribution in [0.1, 0.15) is 5.56 Å². The number of aromatic nitrogens is 3. The average molecular weight is 428 g/mol. The van der Waals surface area contributed by atoms with E-state index in [2.05, 4.69) is 20.3 Å². The number of fused-ring (bicyclic) bond motifs is 1. The van der Waals surface area contributed by atoms with E-state index in [1.807, 2.05) is 0 Å². The summed E-state index contributed by atoms with van der Waals surface area (Å²) in [6, 6.07) is 7.10. The number of hydrogen-bond acceptors (Lipinski definition) is 5. The first kappa shape index (κ1) is 20.3. The number of likely N-dealkylation sites (N-methyl/N-ethyl adjacent to an activating group) is 1. The molecule has 0 atom stereocenters. The van der Waals surface area contributed by atoms with Gasteiger partial charge in [0.05, 0.1) is 23.1 Å². The van der Waals surface area contributed by atoms with Crippen molar-refractivity contribution in [3.63, 3.8) is 0 Å². The van der Waals surface area contributed by atoms with Gasteiger partial charge >= 0.3 is 12.2 Å². The Bertz CT molecular complexity index is 1150. The Morgan fingerprint density at radius 3 is 2.68 bits per heavy atom. The Kier molecular flexibility index (Phi) is 5.01. The minimum atomic E-state index is -4.50. The van der Waals surface area contributed by atoms with E-state index >= 15 is 0 Å². The number of pyridine rings is 1. The summed E-state index contributed by atoms with van der Waals surface area (Å²) in [5.74, 6) is -0.0386. The molecule has 0 saturated carbocycles. The van der Waals surface area contributed by atoms with E-state index < -0.39 is 17.8 Å². The maximum atomic E-state index is 13.1. The van der Waals surface area contributed by atoms with Gasteiger partial charge in [0.2, 0.25) is 5.91 Å². The molecule has 0 fully saturated rings. The highest BCUT2D eigenvalue weighted by atomic mass is 19.4. The van der Waals surface area contributed by atoms with Gasteiger partial charge in [-0.3, -0.25) is 20.0 Å². The van der Waals surface area contributed by atoms with Gasteiger partial charge in [-0.25, -0.2) is 14.8 Å². The maximum Gasteiger partial charge on any atom is 0.416 e. The molecular formula is C20H15F3N6O2. The zero-order valence-corrected chi connectivity index (χ0v) is 16.1. The third kappa shape index (κ3) is 4.02. The third-order valence-electron chi connectivity index (χ3n) is 4.67. The van der Waals surface area contributed by atoms with Crippen LogP contribution >= 0.6 is 0 Å². The largest absolute Gasteiger partial charge is 0.416 e. The summed E-state index contributed by atoms with van der Waals surface area (Å²) >= 11 is 0. The highest BCUT2D eigenvalue weighted by Gasteiger charge is 2.33. The van der Waals surface area contributed by atoms with E-state index in [0.717, 1.165) is 17.0 Å². The second-order valence-corrected chi connectivity index (χ2v) is 6.68. The number of carbonyl (C=O) groups excluding carboxylic acids is 2. The molecule has 3 heterocycles. The Balaban J connectivity index is 1.74. The number of urea groups is 1. The molecule has 4 rings (SSSR count). The zero-order chi connectivity index (χ0) is 22.2. The molecule has 1 aromatic carbocycles. The first-order chi connectivity index (χ1) is 14.7. The number of hydrogen-bond donors (Lipinski definition) is 1. The molecule has 0 saturated heterocycles. The number of nitrogens with zero attached hydrogens (tertiary/aromatic N) is 5. The molecule has 0 aliphatic carbocycles. The Morgan fingerprint density at radius 1 is 1.16 bits per heavy atom. The lowest BCUT2D eigenvalue weighted by atomic mass is 10.1. The predicted molar refractivity (Wildman–Crippen MR) is 106 cm³/mol. The fourth-order valence-corrected chi connectivity index (χ4v) is 3.08. The van der Waals surface area contributed by atoms with Gasteiger partial charge in [0.15, 0.2) is 11.6 Å². The number of benzene rings is 1. The summed E-state index contributed by atoms with van der Waals surface area (Å²) < 4.78 is 39.3. The number of amides is 3. The van der Waals surface area contributed by atoms with Gasteiger partial charge in [-0.15, -0.1) is 0 Å². The summed E-state index contributed by atoms with van der Waals surface area (Å²) in [7, 11) is 1.53. The van der Waals surface area contributed by atoms with Crippen LogP contribution in [0.25, 0.3) is 11.3 Å². The van der Waals surface area contributed by atoms with E-state index in [9.17, 15) is 22.8 Å². The fraction of sp³-hybridized carbons (Fsp3) is 0.150. The standard InChI is InChI=1S/C20H15F3N6O2/c1-28-15-6-5-14(12-3-2-4-13(9-12)20(21,22)23)26-18(15)29(11-17(28)30)19(31)27-16-10-24-7-8-25-16/h2-10H,11H2,1H3,(H,25,27,31). The number of carbonyl (C=O) groups is 2. The Hall–Kier alpha value is -4.02. The molecule has 2 aromatic heterocycles. The molecule has 1 N–H and O–H groups in total. The molecular weight excluding hydrogens is 413 g/mol. The minimum absolute atomic E-state index is 0.137. The SMILES string of the molecule is CN1C(=O)CN(C(=O)Nc2cnccn2)c2nc(-c3cccc(C(F)(F)F)c3)ccc21. The molecule has 158 valence electrons. The van der Waals surface area contributed by atoms with E-state index in [-0.39, 0.29) is 35.3 Å². The normalized spacial score (nSPS) is 13.7. The van der Waals surface area contributed by atoms with Crippen LogP contribution in [0.5, 0.6) is 0 Å². The Labute approximate surface area is 174 Å². The van der Waals surface area contributed by atoms with Crippen LogP contribution in [0.2, 0.25) is 0 Å². The molecule has 0 spiro atoms. The van der Waals surface area contributed by atoms with E-state index in [1.54, 1.807) is 0 Å². The van der Waals surface area contributed by atoms with Gasteiger partial charge in [0, 0.05) is 25.0 Å². The average Bonchev–Trinajstić information content (AvgIpc) is 2.76. The molecule has 3 aromatic rings. The van der Waals surface area contributed by atoms with Gasteiger partial charge < -0.3 is 4.90 Å². The lowest BCUT2D eigenvalue weighted by Gasteiger charge is -2.33.